The molecule has 8 N–H and O–H groups in total. The molecule has 11 nitrogen and oxygen atoms in total. The van der Waals surface area contributed by atoms with Crippen molar-refractivity contribution in [2.45, 2.75) is 51.7 Å². The molecule has 0 aliphatic heterocycles. The third-order valence-corrected chi connectivity index (χ3v) is 3.46. The van der Waals surface area contributed by atoms with E-state index in [-0.39, 0.29) is 18.8 Å². The van der Waals surface area contributed by atoms with Crippen molar-refractivity contribution < 1.29 is 29.1 Å². The number of carbonyl (C=O) groups is 5. The topological polar surface area (TPSA) is 194 Å². The maximum Gasteiger partial charge on any atom is 0.326 e. The molecule has 0 fully saturated rings. The highest BCUT2D eigenvalue weighted by Crippen LogP contribution is 2.01. The lowest BCUT2D eigenvalue weighted by Crippen LogP contribution is -2.53. The van der Waals surface area contributed by atoms with Crippen LogP contribution in [0.25, 0.3) is 0 Å². The van der Waals surface area contributed by atoms with E-state index < -0.39 is 54.3 Å². The molecule has 26 heavy (non-hydrogen) atoms. The standard InChI is InChI=1S/C15H27N5O6/c1-7(2)12(15(25)26)20-11(22)6-18-13(23)8(3)19-14(24)9(16)4-5-10(17)21/h7-9,12H,4-6,16H2,1-3H3,(H2,17,21)(H,18,23)(H,19,24)(H,20,22)(H,25,26). The molecule has 3 atom stereocenters. The highest BCUT2D eigenvalue weighted by atomic mass is 16.4. The molecule has 148 valence electrons. The van der Waals surface area contributed by atoms with Gasteiger partial charge in [0, 0.05) is 6.42 Å². The number of rotatable bonds is 11. The van der Waals surface area contributed by atoms with E-state index in [0.29, 0.717) is 0 Å². The van der Waals surface area contributed by atoms with E-state index in [4.69, 9.17) is 16.6 Å². The van der Waals surface area contributed by atoms with Crippen LogP contribution in [0.3, 0.4) is 0 Å². The Morgan fingerprint density at radius 2 is 1.58 bits per heavy atom. The Balaban J connectivity index is 4.37. The van der Waals surface area contributed by atoms with E-state index in [1.54, 1.807) is 13.8 Å². The monoisotopic (exact) mass is 373 g/mol. The number of carboxylic acids is 1. The molecule has 3 unspecified atom stereocenters. The number of aliphatic carboxylic acids is 1. The van der Waals surface area contributed by atoms with Gasteiger partial charge in [0.15, 0.2) is 0 Å². The van der Waals surface area contributed by atoms with Gasteiger partial charge in [0.2, 0.25) is 23.6 Å². The summed E-state index contributed by atoms with van der Waals surface area (Å²) < 4.78 is 0. The maximum absolute atomic E-state index is 11.9. The highest BCUT2D eigenvalue weighted by Gasteiger charge is 2.24. The van der Waals surface area contributed by atoms with Crippen molar-refractivity contribution in [1.82, 2.24) is 16.0 Å². The summed E-state index contributed by atoms with van der Waals surface area (Å²) in [5, 5.41) is 15.9. The molecule has 0 aromatic heterocycles. The van der Waals surface area contributed by atoms with Gasteiger partial charge in [-0.2, -0.15) is 0 Å². The van der Waals surface area contributed by atoms with Gasteiger partial charge in [-0.15, -0.1) is 0 Å². The molecule has 0 saturated carbocycles. The smallest absolute Gasteiger partial charge is 0.326 e. The van der Waals surface area contributed by atoms with Gasteiger partial charge in [-0.05, 0) is 19.3 Å². The second-order valence-electron chi connectivity index (χ2n) is 6.19. The molecular weight excluding hydrogens is 346 g/mol. The summed E-state index contributed by atoms with van der Waals surface area (Å²) in [4.78, 5) is 57.1. The van der Waals surface area contributed by atoms with Crippen molar-refractivity contribution in [1.29, 1.82) is 0 Å². The summed E-state index contributed by atoms with van der Waals surface area (Å²) in [6, 6.07) is -3.04. The van der Waals surface area contributed by atoms with Crippen LogP contribution < -0.4 is 27.4 Å². The van der Waals surface area contributed by atoms with Crippen LogP contribution in [0.4, 0.5) is 0 Å². The zero-order chi connectivity index (χ0) is 20.4. The molecular formula is C15H27N5O6. The summed E-state index contributed by atoms with van der Waals surface area (Å²) >= 11 is 0. The third-order valence-electron chi connectivity index (χ3n) is 3.46. The fraction of sp³-hybridized carbons (Fsp3) is 0.667. The van der Waals surface area contributed by atoms with Crippen LogP contribution in [0.15, 0.2) is 0 Å². The van der Waals surface area contributed by atoms with Gasteiger partial charge in [0.25, 0.3) is 0 Å². The molecule has 4 amide bonds. The van der Waals surface area contributed by atoms with Gasteiger partial charge < -0.3 is 32.5 Å². The van der Waals surface area contributed by atoms with Crippen molar-refractivity contribution in [3.63, 3.8) is 0 Å². The number of amides is 4. The van der Waals surface area contributed by atoms with Gasteiger partial charge in [-0.1, -0.05) is 13.8 Å². The molecule has 0 aliphatic carbocycles. The van der Waals surface area contributed by atoms with E-state index in [1.807, 2.05) is 0 Å². The van der Waals surface area contributed by atoms with Crippen LogP contribution in [0.1, 0.15) is 33.6 Å². The predicted molar refractivity (Wildman–Crippen MR) is 91.4 cm³/mol. The summed E-state index contributed by atoms with van der Waals surface area (Å²) in [6.45, 7) is 4.22. The SMILES string of the molecule is CC(NC(=O)C(N)CCC(N)=O)C(=O)NCC(=O)NC(C(=O)O)C(C)C. The number of primary amides is 1. The minimum Gasteiger partial charge on any atom is -0.480 e. The van der Waals surface area contributed by atoms with Crippen molar-refractivity contribution >= 4 is 29.6 Å². The summed E-state index contributed by atoms with van der Waals surface area (Å²) in [5.41, 5.74) is 10.5. The molecule has 0 radical (unpaired) electrons. The Morgan fingerprint density at radius 1 is 1.00 bits per heavy atom. The lowest BCUT2D eigenvalue weighted by Gasteiger charge is -2.19. The quantitative estimate of drug-likeness (QED) is 0.229. The second-order valence-corrected chi connectivity index (χ2v) is 6.19. The molecule has 0 aromatic rings. The molecule has 0 saturated heterocycles. The Labute approximate surface area is 151 Å². The van der Waals surface area contributed by atoms with Crippen LogP contribution in [-0.4, -0.2) is 59.4 Å². The second kappa shape index (κ2) is 11.0. The predicted octanol–water partition coefficient (Wildman–Crippen LogP) is -2.57. The maximum atomic E-state index is 11.9. The van der Waals surface area contributed by atoms with Gasteiger partial charge in [0.05, 0.1) is 12.6 Å². The van der Waals surface area contributed by atoms with Crippen molar-refractivity contribution in [2.24, 2.45) is 17.4 Å². The Morgan fingerprint density at radius 3 is 2.04 bits per heavy atom. The first-order valence-corrected chi connectivity index (χ1v) is 8.09. The van der Waals surface area contributed by atoms with Crippen LogP contribution >= 0.6 is 0 Å². The van der Waals surface area contributed by atoms with Gasteiger partial charge >= 0.3 is 5.97 Å². The fourth-order valence-corrected chi connectivity index (χ4v) is 1.87. The number of hydrogen-bond acceptors (Lipinski definition) is 6. The fourth-order valence-electron chi connectivity index (χ4n) is 1.87. The van der Waals surface area contributed by atoms with E-state index in [0.717, 1.165) is 0 Å². The molecule has 0 rings (SSSR count). The van der Waals surface area contributed by atoms with Gasteiger partial charge in [-0.3, -0.25) is 19.2 Å². The van der Waals surface area contributed by atoms with Gasteiger partial charge in [0.1, 0.15) is 12.1 Å². The molecule has 0 aliphatic rings. The Kier molecular flexibility index (Phi) is 9.89. The zero-order valence-corrected chi connectivity index (χ0v) is 15.1. The van der Waals surface area contributed by atoms with E-state index in [1.165, 1.54) is 6.92 Å². The number of hydrogen-bond donors (Lipinski definition) is 6. The first-order valence-electron chi connectivity index (χ1n) is 8.09. The van der Waals surface area contributed by atoms with Crippen LogP contribution in [0.5, 0.6) is 0 Å². The van der Waals surface area contributed by atoms with Crippen LogP contribution in [-0.2, 0) is 24.0 Å². The Hall–Kier alpha value is -2.69. The van der Waals surface area contributed by atoms with E-state index >= 15 is 0 Å². The summed E-state index contributed by atoms with van der Waals surface area (Å²) in [7, 11) is 0. The Bertz CT molecular complexity index is 551. The van der Waals surface area contributed by atoms with Crippen molar-refractivity contribution in [3.8, 4) is 0 Å². The molecule has 0 spiro atoms. The molecule has 0 heterocycles. The van der Waals surface area contributed by atoms with Crippen LogP contribution in [0, 0.1) is 5.92 Å². The van der Waals surface area contributed by atoms with Gasteiger partial charge in [-0.25, -0.2) is 4.79 Å². The minimum absolute atomic E-state index is 0.0453. The van der Waals surface area contributed by atoms with Crippen molar-refractivity contribution in [2.75, 3.05) is 6.54 Å². The third kappa shape index (κ3) is 8.97. The average molecular weight is 373 g/mol. The summed E-state index contributed by atoms with van der Waals surface area (Å²) in [6.07, 6.45) is -0.0143. The first kappa shape index (κ1) is 23.3. The lowest BCUT2D eigenvalue weighted by molar-refractivity contribution is -0.143. The number of carbonyl (C=O) groups excluding carboxylic acids is 4. The van der Waals surface area contributed by atoms with Crippen molar-refractivity contribution in [3.05, 3.63) is 0 Å². The van der Waals surface area contributed by atoms with E-state index in [9.17, 15) is 24.0 Å². The first-order chi connectivity index (χ1) is 12.0. The largest absolute Gasteiger partial charge is 0.480 e. The molecule has 11 heteroatoms. The number of carboxylic acid groups (broad SMARTS) is 1. The highest BCUT2D eigenvalue weighted by molar-refractivity contribution is 5.92. The zero-order valence-electron chi connectivity index (χ0n) is 15.1. The summed E-state index contributed by atoms with van der Waals surface area (Å²) in [5.74, 6) is -4.05. The minimum atomic E-state index is -1.18. The van der Waals surface area contributed by atoms with E-state index in [2.05, 4.69) is 16.0 Å². The normalized spacial score (nSPS) is 14.0. The number of nitrogens with two attached hydrogens (primary N) is 2. The molecule has 0 bridgehead atoms. The molecule has 0 aromatic carbocycles. The van der Waals surface area contributed by atoms with Crippen LogP contribution in [0.2, 0.25) is 0 Å². The average Bonchev–Trinajstić information content (AvgIpc) is 2.54. The lowest BCUT2D eigenvalue weighted by atomic mass is 10.1. The number of nitrogens with one attached hydrogen (secondary N) is 3.